The molecular formula is C9H6ClN2-. The third-order valence-corrected chi connectivity index (χ3v) is 2.12. The van der Waals surface area contributed by atoms with E-state index in [-0.39, 0.29) is 5.69 Å². The van der Waals surface area contributed by atoms with Crippen LogP contribution in [0.2, 0.25) is 5.02 Å². The van der Waals surface area contributed by atoms with Crippen molar-refractivity contribution in [3.05, 3.63) is 41.2 Å². The zero-order valence-electron chi connectivity index (χ0n) is 6.21. The fourth-order valence-electron chi connectivity index (χ4n) is 1.11. The number of nitrogens with zero attached hydrogens (tertiary/aromatic N) is 1. The molecule has 2 aromatic rings. The summed E-state index contributed by atoms with van der Waals surface area (Å²) >= 11 is 5.90. The van der Waals surface area contributed by atoms with E-state index in [1.54, 1.807) is 0 Å². The Morgan fingerprint density at radius 1 is 1.25 bits per heavy atom. The summed E-state index contributed by atoms with van der Waals surface area (Å²) < 4.78 is 0. The number of halogens is 1. The van der Waals surface area contributed by atoms with E-state index in [1.165, 1.54) is 6.20 Å². The Hall–Kier alpha value is -1.28. The minimum absolute atomic E-state index is 0.273. The van der Waals surface area contributed by atoms with E-state index in [0.717, 1.165) is 10.9 Å². The lowest BCUT2D eigenvalue weighted by Gasteiger charge is -2.07. The fraction of sp³-hybridized carbons (Fsp3) is 0. The van der Waals surface area contributed by atoms with Crippen LogP contribution in [0.1, 0.15) is 0 Å². The van der Waals surface area contributed by atoms with Crippen molar-refractivity contribution in [3.63, 3.8) is 0 Å². The van der Waals surface area contributed by atoms with E-state index in [4.69, 9.17) is 17.3 Å². The molecular weight excluding hydrogens is 172 g/mol. The molecule has 1 aromatic carbocycles. The van der Waals surface area contributed by atoms with Crippen molar-refractivity contribution in [2.75, 3.05) is 0 Å². The van der Waals surface area contributed by atoms with Crippen molar-refractivity contribution in [3.8, 4) is 0 Å². The van der Waals surface area contributed by atoms with Crippen LogP contribution in [0.4, 0.5) is 5.69 Å². The summed E-state index contributed by atoms with van der Waals surface area (Å²) in [6.07, 6.45) is 1.46. The van der Waals surface area contributed by atoms with Crippen LogP contribution in [0, 0.1) is 0 Å². The average Bonchev–Trinajstić information content (AvgIpc) is 2.12. The highest BCUT2D eigenvalue weighted by Crippen LogP contribution is 2.29. The van der Waals surface area contributed by atoms with Crippen molar-refractivity contribution >= 4 is 28.2 Å². The molecule has 0 amide bonds. The third kappa shape index (κ3) is 1.01. The first kappa shape index (κ1) is 7.37. The van der Waals surface area contributed by atoms with Gasteiger partial charge < -0.3 is 5.73 Å². The Morgan fingerprint density at radius 3 is 2.83 bits per heavy atom. The lowest BCUT2D eigenvalue weighted by molar-refractivity contribution is 1.42. The van der Waals surface area contributed by atoms with Crippen molar-refractivity contribution in [2.45, 2.75) is 0 Å². The predicted molar refractivity (Wildman–Crippen MR) is 50.7 cm³/mol. The summed E-state index contributed by atoms with van der Waals surface area (Å²) in [7, 11) is 0. The molecule has 0 radical (unpaired) electrons. The Labute approximate surface area is 75.0 Å². The summed E-state index contributed by atoms with van der Waals surface area (Å²) in [6, 6.07) is 7.52. The van der Waals surface area contributed by atoms with Crippen LogP contribution in [-0.2, 0) is 0 Å². The van der Waals surface area contributed by atoms with Gasteiger partial charge in [-0.25, -0.2) is 0 Å². The second-order valence-electron chi connectivity index (χ2n) is 2.50. The summed E-state index contributed by atoms with van der Waals surface area (Å²) in [5, 5.41) is 1.31. The number of fused-ring (bicyclic) bond motifs is 1. The van der Waals surface area contributed by atoms with Crippen LogP contribution in [0.15, 0.2) is 30.5 Å². The zero-order valence-corrected chi connectivity index (χ0v) is 6.97. The molecule has 0 fully saturated rings. The minimum atomic E-state index is 0.273. The van der Waals surface area contributed by atoms with E-state index >= 15 is 0 Å². The van der Waals surface area contributed by atoms with Gasteiger partial charge in [0.25, 0.3) is 0 Å². The van der Waals surface area contributed by atoms with Crippen molar-refractivity contribution in [1.29, 1.82) is 0 Å². The maximum Gasteiger partial charge on any atom is 0.0715 e. The molecule has 0 aliphatic heterocycles. The fourth-order valence-corrected chi connectivity index (χ4v) is 1.32. The van der Waals surface area contributed by atoms with E-state index in [0.29, 0.717) is 5.02 Å². The van der Waals surface area contributed by atoms with Crippen LogP contribution >= 0.6 is 11.6 Å². The second kappa shape index (κ2) is 2.64. The van der Waals surface area contributed by atoms with Crippen LogP contribution in [0.3, 0.4) is 0 Å². The average molecular weight is 178 g/mol. The molecule has 3 heteroatoms. The monoisotopic (exact) mass is 177 g/mol. The number of aromatic nitrogens is 1. The van der Waals surface area contributed by atoms with Crippen LogP contribution in [0.25, 0.3) is 16.6 Å². The normalized spacial score (nSPS) is 10.4. The Morgan fingerprint density at radius 2 is 2.00 bits per heavy atom. The molecule has 0 atom stereocenters. The maximum atomic E-state index is 7.41. The molecule has 12 heavy (non-hydrogen) atoms. The summed E-state index contributed by atoms with van der Waals surface area (Å²) in [5.41, 5.74) is 8.51. The molecule has 0 spiro atoms. The van der Waals surface area contributed by atoms with E-state index in [1.807, 2.05) is 24.3 Å². The highest BCUT2D eigenvalue weighted by Gasteiger charge is 1.97. The topological polar surface area (TPSA) is 36.7 Å². The van der Waals surface area contributed by atoms with Crippen LogP contribution < -0.4 is 0 Å². The van der Waals surface area contributed by atoms with Crippen LogP contribution in [-0.4, -0.2) is 4.98 Å². The smallest absolute Gasteiger partial charge is 0.0715 e. The number of rotatable bonds is 0. The maximum absolute atomic E-state index is 7.41. The Bertz CT molecular complexity index is 426. The minimum Gasteiger partial charge on any atom is -0.696 e. The van der Waals surface area contributed by atoms with E-state index in [2.05, 4.69) is 4.98 Å². The molecule has 0 saturated carbocycles. The van der Waals surface area contributed by atoms with E-state index in [9.17, 15) is 0 Å². The van der Waals surface area contributed by atoms with Gasteiger partial charge in [-0.2, -0.15) is 0 Å². The molecule has 1 N–H and O–H groups in total. The van der Waals surface area contributed by atoms with Gasteiger partial charge in [-0.3, -0.25) is 4.98 Å². The Balaban J connectivity index is 2.91. The molecule has 2 nitrogen and oxygen atoms in total. The molecule has 1 aromatic heterocycles. The Kier molecular flexibility index (Phi) is 1.62. The number of para-hydroxylation sites is 1. The molecule has 60 valence electrons. The molecule has 0 bridgehead atoms. The van der Waals surface area contributed by atoms with Gasteiger partial charge in [-0.05, 0) is 6.07 Å². The van der Waals surface area contributed by atoms with Gasteiger partial charge in [-0.1, -0.05) is 29.8 Å². The molecule has 0 aliphatic carbocycles. The SMILES string of the molecule is [NH-]c1cnc2ccccc2c1Cl. The summed E-state index contributed by atoms with van der Waals surface area (Å²) in [4.78, 5) is 4.07. The first-order valence-electron chi connectivity index (χ1n) is 3.54. The second-order valence-corrected chi connectivity index (χ2v) is 2.88. The lowest BCUT2D eigenvalue weighted by Crippen LogP contribution is -1.78. The van der Waals surface area contributed by atoms with Crippen molar-refractivity contribution < 1.29 is 0 Å². The standard InChI is InChI=1S/C9H6ClN2/c10-9-6-3-1-2-4-8(6)12-5-7(9)11/h1-5,11H/q-1. The summed E-state index contributed by atoms with van der Waals surface area (Å²) in [5.74, 6) is 0. The highest BCUT2D eigenvalue weighted by molar-refractivity contribution is 6.37. The largest absolute Gasteiger partial charge is 0.696 e. The number of hydrogen-bond donors (Lipinski definition) is 0. The number of hydrogen-bond acceptors (Lipinski definition) is 1. The molecule has 2 rings (SSSR count). The van der Waals surface area contributed by atoms with Gasteiger partial charge >= 0.3 is 0 Å². The van der Waals surface area contributed by atoms with Gasteiger partial charge in [0.05, 0.1) is 5.52 Å². The number of benzene rings is 1. The summed E-state index contributed by atoms with van der Waals surface area (Å²) in [6.45, 7) is 0. The quantitative estimate of drug-likeness (QED) is 0.606. The van der Waals surface area contributed by atoms with Gasteiger partial charge in [0.1, 0.15) is 0 Å². The van der Waals surface area contributed by atoms with Gasteiger partial charge in [0, 0.05) is 16.6 Å². The molecule has 0 unspecified atom stereocenters. The number of pyridine rings is 1. The molecule has 1 heterocycles. The lowest BCUT2D eigenvalue weighted by atomic mass is 10.2. The van der Waals surface area contributed by atoms with Crippen molar-refractivity contribution in [1.82, 2.24) is 4.98 Å². The zero-order chi connectivity index (χ0) is 8.55. The van der Waals surface area contributed by atoms with E-state index < -0.39 is 0 Å². The third-order valence-electron chi connectivity index (χ3n) is 1.71. The van der Waals surface area contributed by atoms with Gasteiger partial charge in [-0.15, -0.1) is 5.69 Å². The number of nitrogens with one attached hydrogen (secondary N) is 1. The first-order chi connectivity index (χ1) is 5.79. The first-order valence-corrected chi connectivity index (χ1v) is 3.91. The molecule has 0 aliphatic rings. The molecule has 0 saturated heterocycles. The van der Waals surface area contributed by atoms with Crippen LogP contribution in [0.5, 0.6) is 0 Å². The predicted octanol–water partition coefficient (Wildman–Crippen LogP) is 3.57. The van der Waals surface area contributed by atoms with Crippen molar-refractivity contribution in [2.24, 2.45) is 0 Å². The van der Waals surface area contributed by atoms with Gasteiger partial charge in [0.15, 0.2) is 0 Å². The van der Waals surface area contributed by atoms with Gasteiger partial charge in [0.2, 0.25) is 0 Å². The highest BCUT2D eigenvalue weighted by atomic mass is 35.5.